The highest BCUT2D eigenvalue weighted by atomic mass is 16.7. The molecule has 1 aromatic carbocycles. The largest absolute Gasteiger partial charge is 0.492 e. The minimum atomic E-state index is -0.295. The second-order valence-corrected chi connectivity index (χ2v) is 4.29. The number of benzene rings is 1. The molecular formula is C15H22O8. The van der Waals surface area contributed by atoms with Crippen molar-refractivity contribution in [2.24, 2.45) is 0 Å². The van der Waals surface area contributed by atoms with Crippen LogP contribution in [0.3, 0.4) is 0 Å². The molecule has 0 bridgehead atoms. The van der Waals surface area contributed by atoms with E-state index < -0.39 is 0 Å². The van der Waals surface area contributed by atoms with Crippen molar-refractivity contribution >= 4 is 5.78 Å². The zero-order chi connectivity index (χ0) is 17.4. The molecule has 0 saturated heterocycles. The van der Waals surface area contributed by atoms with Crippen molar-refractivity contribution in [3.8, 4) is 28.7 Å². The van der Waals surface area contributed by atoms with E-state index in [1.54, 1.807) is 0 Å². The van der Waals surface area contributed by atoms with Crippen LogP contribution in [0.25, 0.3) is 0 Å². The molecule has 8 nitrogen and oxygen atoms in total. The summed E-state index contributed by atoms with van der Waals surface area (Å²) in [5.74, 6) is 0.623. The smallest absolute Gasteiger partial charge is 0.211 e. The standard InChI is InChI=1S/C15H22O8/c1-9(16)10-11(19-4)15(23-8-18-3)14(21-6)13(20-5)12(10)22-7-17-2/h7-8H2,1-6H3. The van der Waals surface area contributed by atoms with Crippen molar-refractivity contribution in [1.82, 2.24) is 0 Å². The minimum Gasteiger partial charge on any atom is -0.492 e. The van der Waals surface area contributed by atoms with E-state index in [1.807, 2.05) is 0 Å². The average Bonchev–Trinajstić information content (AvgIpc) is 2.55. The number of carbonyl (C=O) groups is 1. The molecule has 23 heavy (non-hydrogen) atoms. The normalized spacial score (nSPS) is 10.2. The molecule has 0 unspecified atom stereocenters. The lowest BCUT2D eigenvalue weighted by Crippen LogP contribution is -2.11. The lowest BCUT2D eigenvalue weighted by atomic mass is 10.1. The molecule has 0 aliphatic heterocycles. The third-order valence-corrected chi connectivity index (χ3v) is 2.89. The predicted octanol–water partition coefficient (Wildman–Crippen LogP) is 1.88. The Morgan fingerprint density at radius 1 is 0.696 bits per heavy atom. The molecule has 0 aliphatic rings. The van der Waals surface area contributed by atoms with Gasteiger partial charge in [-0.15, -0.1) is 0 Å². The Morgan fingerprint density at radius 2 is 1.13 bits per heavy atom. The quantitative estimate of drug-likeness (QED) is 0.475. The summed E-state index contributed by atoms with van der Waals surface area (Å²) < 4.78 is 36.8. The summed E-state index contributed by atoms with van der Waals surface area (Å²) in [6, 6.07) is 0. The summed E-state index contributed by atoms with van der Waals surface area (Å²) >= 11 is 0. The third kappa shape index (κ3) is 3.96. The fourth-order valence-electron chi connectivity index (χ4n) is 2.03. The van der Waals surface area contributed by atoms with Gasteiger partial charge in [-0.25, -0.2) is 0 Å². The monoisotopic (exact) mass is 330 g/mol. The van der Waals surface area contributed by atoms with Crippen LogP contribution in [0, 0.1) is 0 Å². The fraction of sp³-hybridized carbons (Fsp3) is 0.533. The van der Waals surface area contributed by atoms with Gasteiger partial charge in [-0.3, -0.25) is 4.79 Å². The lowest BCUT2D eigenvalue weighted by molar-refractivity contribution is 0.0423. The fourth-order valence-corrected chi connectivity index (χ4v) is 2.03. The summed E-state index contributed by atoms with van der Waals surface area (Å²) in [4.78, 5) is 12.1. The molecular weight excluding hydrogens is 308 g/mol. The van der Waals surface area contributed by atoms with E-state index in [2.05, 4.69) is 0 Å². The second-order valence-electron chi connectivity index (χ2n) is 4.29. The summed E-state index contributed by atoms with van der Waals surface area (Å²) in [5, 5.41) is 0. The van der Waals surface area contributed by atoms with Crippen LogP contribution in [0.5, 0.6) is 28.7 Å². The molecule has 8 heteroatoms. The van der Waals surface area contributed by atoms with E-state index in [0.717, 1.165) is 0 Å². The van der Waals surface area contributed by atoms with Crippen LogP contribution >= 0.6 is 0 Å². The Hall–Kier alpha value is -2.19. The molecule has 130 valence electrons. The third-order valence-electron chi connectivity index (χ3n) is 2.89. The number of hydrogen-bond donors (Lipinski definition) is 0. The summed E-state index contributed by atoms with van der Waals surface area (Å²) in [6.07, 6.45) is 0. The Labute approximate surface area is 135 Å². The number of hydrogen-bond acceptors (Lipinski definition) is 8. The maximum Gasteiger partial charge on any atom is 0.211 e. The van der Waals surface area contributed by atoms with Gasteiger partial charge in [0.15, 0.2) is 30.9 Å². The number of ketones is 1. The highest BCUT2D eigenvalue weighted by Gasteiger charge is 2.31. The van der Waals surface area contributed by atoms with Gasteiger partial charge in [0.1, 0.15) is 5.56 Å². The molecule has 0 saturated carbocycles. The van der Waals surface area contributed by atoms with Crippen LogP contribution in [0.15, 0.2) is 0 Å². The molecule has 0 aliphatic carbocycles. The van der Waals surface area contributed by atoms with Crippen LogP contribution in [-0.4, -0.2) is 54.9 Å². The zero-order valence-electron chi connectivity index (χ0n) is 14.2. The molecule has 0 atom stereocenters. The molecule has 0 radical (unpaired) electrons. The van der Waals surface area contributed by atoms with E-state index in [4.69, 9.17) is 33.2 Å². The summed E-state index contributed by atoms with van der Waals surface area (Å²) in [5.41, 5.74) is 0.160. The Morgan fingerprint density at radius 3 is 1.52 bits per heavy atom. The van der Waals surface area contributed by atoms with E-state index in [-0.39, 0.29) is 53.7 Å². The highest BCUT2D eigenvalue weighted by molar-refractivity contribution is 6.02. The Kier molecular flexibility index (Phi) is 7.43. The van der Waals surface area contributed by atoms with E-state index in [0.29, 0.717) is 0 Å². The van der Waals surface area contributed by atoms with Gasteiger partial charge in [-0.1, -0.05) is 0 Å². The van der Waals surface area contributed by atoms with Crippen molar-refractivity contribution in [2.45, 2.75) is 6.92 Å². The molecule has 1 rings (SSSR count). The lowest BCUT2D eigenvalue weighted by Gasteiger charge is -2.22. The molecule has 0 fully saturated rings. The SMILES string of the molecule is COCOc1c(OC)c(OC)c(OCOC)c(C(C)=O)c1OC. The van der Waals surface area contributed by atoms with Crippen molar-refractivity contribution in [3.63, 3.8) is 0 Å². The minimum absolute atomic E-state index is 0.0640. The van der Waals surface area contributed by atoms with Gasteiger partial charge in [0.25, 0.3) is 0 Å². The zero-order valence-corrected chi connectivity index (χ0v) is 14.2. The van der Waals surface area contributed by atoms with Gasteiger partial charge in [0.2, 0.25) is 17.2 Å². The number of carbonyl (C=O) groups excluding carboxylic acids is 1. The van der Waals surface area contributed by atoms with Gasteiger partial charge in [0, 0.05) is 14.2 Å². The van der Waals surface area contributed by atoms with Gasteiger partial charge >= 0.3 is 0 Å². The van der Waals surface area contributed by atoms with Gasteiger partial charge in [-0.2, -0.15) is 0 Å². The number of methoxy groups -OCH3 is 5. The first-order valence-electron chi connectivity index (χ1n) is 6.67. The Balaban J connectivity index is 3.70. The summed E-state index contributed by atoms with van der Waals surface area (Å²) in [7, 11) is 7.20. The van der Waals surface area contributed by atoms with E-state index in [1.165, 1.54) is 42.5 Å². The highest BCUT2D eigenvalue weighted by Crippen LogP contribution is 2.53. The maximum absolute atomic E-state index is 12.1. The van der Waals surface area contributed by atoms with Crippen LogP contribution in [0.2, 0.25) is 0 Å². The number of rotatable bonds is 10. The van der Waals surface area contributed by atoms with Gasteiger partial charge in [0.05, 0.1) is 21.3 Å². The molecule has 0 spiro atoms. The molecule has 0 N–H and O–H groups in total. The first-order chi connectivity index (χ1) is 11.1. The van der Waals surface area contributed by atoms with Crippen LogP contribution in [0.1, 0.15) is 17.3 Å². The Bertz CT molecular complexity index is 541. The topological polar surface area (TPSA) is 81.7 Å². The van der Waals surface area contributed by atoms with E-state index in [9.17, 15) is 4.79 Å². The van der Waals surface area contributed by atoms with Crippen molar-refractivity contribution in [3.05, 3.63) is 5.56 Å². The van der Waals surface area contributed by atoms with E-state index >= 15 is 0 Å². The maximum atomic E-state index is 12.1. The molecule has 0 aromatic heterocycles. The predicted molar refractivity (Wildman–Crippen MR) is 81.1 cm³/mol. The first-order valence-corrected chi connectivity index (χ1v) is 6.67. The molecule has 0 heterocycles. The number of Topliss-reactive ketones (excluding diaryl/α,β-unsaturated/α-hetero) is 1. The summed E-state index contributed by atoms with van der Waals surface area (Å²) in [6.45, 7) is 1.23. The average molecular weight is 330 g/mol. The van der Waals surface area contributed by atoms with Crippen LogP contribution in [-0.2, 0) is 9.47 Å². The van der Waals surface area contributed by atoms with Gasteiger partial charge < -0.3 is 33.2 Å². The van der Waals surface area contributed by atoms with Crippen LogP contribution < -0.4 is 23.7 Å². The number of ether oxygens (including phenoxy) is 7. The van der Waals surface area contributed by atoms with Crippen molar-refractivity contribution < 1.29 is 38.0 Å². The second kappa shape index (κ2) is 9.06. The van der Waals surface area contributed by atoms with Crippen molar-refractivity contribution in [1.29, 1.82) is 0 Å². The van der Waals surface area contributed by atoms with Crippen molar-refractivity contribution in [2.75, 3.05) is 49.1 Å². The molecule has 0 amide bonds. The van der Waals surface area contributed by atoms with Gasteiger partial charge in [-0.05, 0) is 6.92 Å². The molecule has 1 aromatic rings. The van der Waals surface area contributed by atoms with Crippen LogP contribution in [0.4, 0.5) is 0 Å². The first kappa shape index (κ1) is 18.9.